The van der Waals surface area contributed by atoms with E-state index in [9.17, 15) is 0 Å². The van der Waals surface area contributed by atoms with E-state index in [1.165, 1.54) is 50.5 Å². The maximum absolute atomic E-state index is 4.42. The predicted molar refractivity (Wildman–Crippen MR) is 73.2 cm³/mol. The summed E-state index contributed by atoms with van der Waals surface area (Å²) >= 11 is 0. The van der Waals surface area contributed by atoms with Crippen LogP contribution in [0.15, 0.2) is 18.3 Å². The van der Waals surface area contributed by atoms with Crippen molar-refractivity contribution >= 4 is 0 Å². The van der Waals surface area contributed by atoms with Crippen LogP contribution in [0.2, 0.25) is 0 Å². The highest BCUT2D eigenvalue weighted by atomic mass is 14.7. The molecule has 1 heterocycles. The average Bonchev–Trinajstić information content (AvgIpc) is 2.38. The van der Waals surface area contributed by atoms with Crippen LogP contribution in [0.1, 0.15) is 69.0 Å². The minimum absolute atomic E-state index is 0.779. The lowest BCUT2D eigenvalue weighted by atomic mass is 9.77. The smallest absolute Gasteiger partial charge is 0.0372 e. The van der Waals surface area contributed by atoms with E-state index in [1.807, 2.05) is 0 Å². The standard InChI is InChI=1S/C16H25N/c1-3-4-5-14-7-10-15(11-8-14)16-9-6-13(2)17-12-16/h6,9,12,14-15H,3-5,7-8,10-11H2,1-2H3. The zero-order valence-electron chi connectivity index (χ0n) is 11.3. The summed E-state index contributed by atoms with van der Waals surface area (Å²) in [6.07, 6.45) is 11.9. The van der Waals surface area contributed by atoms with Gasteiger partial charge in [-0.15, -0.1) is 0 Å². The molecule has 0 unspecified atom stereocenters. The summed E-state index contributed by atoms with van der Waals surface area (Å²) in [7, 11) is 0. The van der Waals surface area contributed by atoms with Gasteiger partial charge in [0.05, 0.1) is 0 Å². The molecule has 17 heavy (non-hydrogen) atoms. The van der Waals surface area contributed by atoms with Gasteiger partial charge in [-0.25, -0.2) is 0 Å². The Hall–Kier alpha value is -0.850. The van der Waals surface area contributed by atoms with Gasteiger partial charge in [-0.3, -0.25) is 4.98 Å². The van der Waals surface area contributed by atoms with Crippen molar-refractivity contribution < 1.29 is 0 Å². The average molecular weight is 231 g/mol. The molecule has 1 fully saturated rings. The van der Waals surface area contributed by atoms with Crippen molar-refractivity contribution in [1.82, 2.24) is 4.98 Å². The molecule has 1 aliphatic rings. The van der Waals surface area contributed by atoms with E-state index in [1.54, 1.807) is 0 Å². The van der Waals surface area contributed by atoms with Gasteiger partial charge in [0.1, 0.15) is 0 Å². The SMILES string of the molecule is CCCCC1CCC(c2ccc(C)nc2)CC1. The highest BCUT2D eigenvalue weighted by Crippen LogP contribution is 2.37. The van der Waals surface area contributed by atoms with Crippen LogP contribution < -0.4 is 0 Å². The van der Waals surface area contributed by atoms with E-state index in [-0.39, 0.29) is 0 Å². The highest BCUT2D eigenvalue weighted by Gasteiger charge is 2.21. The number of aromatic nitrogens is 1. The normalized spacial score (nSPS) is 24.8. The van der Waals surface area contributed by atoms with Crippen LogP contribution in [0, 0.1) is 12.8 Å². The molecule has 0 saturated heterocycles. The highest BCUT2D eigenvalue weighted by molar-refractivity contribution is 5.18. The molecule has 1 nitrogen and oxygen atoms in total. The van der Waals surface area contributed by atoms with Crippen LogP contribution in [-0.4, -0.2) is 4.98 Å². The quantitative estimate of drug-likeness (QED) is 0.721. The Morgan fingerprint density at radius 3 is 2.53 bits per heavy atom. The number of hydrogen-bond donors (Lipinski definition) is 0. The third-order valence-corrected chi connectivity index (χ3v) is 4.22. The summed E-state index contributed by atoms with van der Waals surface area (Å²) in [6, 6.07) is 4.43. The van der Waals surface area contributed by atoms with Crippen molar-refractivity contribution in [3.05, 3.63) is 29.6 Å². The molecular formula is C16H25N. The van der Waals surface area contributed by atoms with Crippen LogP contribution in [-0.2, 0) is 0 Å². The second-order valence-electron chi connectivity index (χ2n) is 5.59. The van der Waals surface area contributed by atoms with Gasteiger partial charge in [-0.2, -0.15) is 0 Å². The van der Waals surface area contributed by atoms with Gasteiger partial charge in [-0.1, -0.05) is 32.3 Å². The van der Waals surface area contributed by atoms with Gasteiger partial charge < -0.3 is 0 Å². The molecule has 0 atom stereocenters. The summed E-state index contributed by atoms with van der Waals surface area (Å²) < 4.78 is 0. The molecule has 0 amide bonds. The Labute approximate surface area is 106 Å². The van der Waals surface area contributed by atoms with Crippen LogP contribution in [0.5, 0.6) is 0 Å². The number of aryl methyl sites for hydroxylation is 1. The molecule has 0 radical (unpaired) electrons. The zero-order valence-corrected chi connectivity index (χ0v) is 11.3. The Kier molecular flexibility index (Phi) is 4.58. The molecule has 1 aliphatic carbocycles. The van der Waals surface area contributed by atoms with Gasteiger partial charge in [0, 0.05) is 11.9 Å². The van der Waals surface area contributed by atoms with Gasteiger partial charge in [0.2, 0.25) is 0 Å². The first-order chi connectivity index (χ1) is 8.29. The lowest BCUT2D eigenvalue weighted by molar-refractivity contribution is 0.304. The number of rotatable bonds is 4. The monoisotopic (exact) mass is 231 g/mol. The Morgan fingerprint density at radius 2 is 1.94 bits per heavy atom. The topological polar surface area (TPSA) is 12.9 Å². The summed E-state index contributed by atoms with van der Waals surface area (Å²) in [5.41, 5.74) is 2.59. The second kappa shape index (κ2) is 6.18. The molecular weight excluding hydrogens is 206 g/mol. The first-order valence-electron chi connectivity index (χ1n) is 7.22. The molecule has 0 bridgehead atoms. The molecule has 2 rings (SSSR count). The minimum Gasteiger partial charge on any atom is -0.261 e. The zero-order chi connectivity index (χ0) is 12.1. The van der Waals surface area contributed by atoms with Crippen LogP contribution in [0.25, 0.3) is 0 Å². The molecule has 0 spiro atoms. The first-order valence-corrected chi connectivity index (χ1v) is 7.22. The van der Waals surface area contributed by atoms with Gasteiger partial charge in [0.15, 0.2) is 0 Å². The van der Waals surface area contributed by atoms with Crippen LogP contribution in [0.3, 0.4) is 0 Å². The van der Waals surface area contributed by atoms with Crippen molar-refractivity contribution in [3.63, 3.8) is 0 Å². The summed E-state index contributed by atoms with van der Waals surface area (Å²) in [5.74, 6) is 1.78. The van der Waals surface area contributed by atoms with E-state index in [2.05, 4.69) is 37.2 Å². The minimum atomic E-state index is 0.779. The van der Waals surface area contributed by atoms with Gasteiger partial charge in [0.25, 0.3) is 0 Å². The summed E-state index contributed by atoms with van der Waals surface area (Å²) in [6.45, 7) is 4.36. The van der Waals surface area contributed by atoms with Crippen LogP contribution in [0.4, 0.5) is 0 Å². The van der Waals surface area contributed by atoms with Gasteiger partial charge in [-0.05, 0) is 56.1 Å². The molecule has 1 aromatic rings. The molecule has 1 heteroatoms. The summed E-state index contributed by atoms with van der Waals surface area (Å²) in [4.78, 5) is 4.42. The third-order valence-electron chi connectivity index (χ3n) is 4.22. The lowest BCUT2D eigenvalue weighted by Gasteiger charge is -2.28. The predicted octanol–water partition coefficient (Wildman–Crippen LogP) is 4.85. The van der Waals surface area contributed by atoms with E-state index in [0.717, 1.165) is 17.5 Å². The molecule has 0 N–H and O–H groups in total. The van der Waals surface area contributed by atoms with E-state index >= 15 is 0 Å². The number of nitrogens with zero attached hydrogens (tertiary/aromatic N) is 1. The molecule has 0 aliphatic heterocycles. The number of hydrogen-bond acceptors (Lipinski definition) is 1. The Balaban J connectivity index is 1.84. The van der Waals surface area contributed by atoms with Crippen molar-refractivity contribution in [2.75, 3.05) is 0 Å². The number of unbranched alkanes of at least 4 members (excludes halogenated alkanes) is 1. The van der Waals surface area contributed by atoms with Gasteiger partial charge >= 0.3 is 0 Å². The van der Waals surface area contributed by atoms with E-state index in [4.69, 9.17) is 0 Å². The maximum Gasteiger partial charge on any atom is 0.0372 e. The maximum atomic E-state index is 4.42. The summed E-state index contributed by atoms with van der Waals surface area (Å²) in [5, 5.41) is 0. The Morgan fingerprint density at radius 1 is 1.18 bits per heavy atom. The first kappa shape index (κ1) is 12.6. The van der Waals surface area contributed by atoms with E-state index < -0.39 is 0 Å². The third kappa shape index (κ3) is 3.55. The van der Waals surface area contributed by atoms with Crippen molar-refractivity contribution in [3.8, 4) is 0 Å². The molecule has 1 saturated carbocycles. The van der Waals surface area contributed by atoms with Crippen molar-refractivity contribution in [2.24, 2.45) is 5.92 Å². The van der Waals surface area contributed by atoms with Crippen LogP contribution >= 0.6 is 0 Å². The largest absolute Gasteiger partial charge is 0.261 e. The van der Waals surface area contributed by atoms with Crippen molar-refractivity contribution in [2.45, 2.75) is 64.7 Å². The van der Waals surface area contributed by atoms with E-state index in [0.29, 0.717) is 0 Å². The fraction of sp³-hybridized carbons (Fsp3) is 0.688. The number of pyridine rings is 1. The fourth-order valence-electron chi connectivity index (χ4n) is 3.00. The molecule has 94 valence electrons. The molecule has 0 aromatic carbocycles. The molecule has 1 aromatic heterocycles. The fourth-order valence-corrected chi connectivity index (χ4v) is 3.00. The lowest BCUT2D eigenvalue weighted by Crippen LogP contribution is -2.13. The Bertz CT molecular complexity index is 320. The second-order valence-corrected chi connectivity index (χ2v) is 5.59. The van der Waals surface area contributed by atoms with Crippen molar-refractivity contribution in [1.29, 1.82) is 0 Å².